The average Bonchev–Trinajstić information content (AvgIpc) is 2.68. The number of halogens is 1. The number of aromatic nitrogens is 2. The number of hydrogen-bond acceptors (Lipinski definition) is 4. The van der Waals surface area contributed by atoms with Gasteiger partial charge in [0, 0.05) is 23.5 Å². The highest BCUT2D eigenvalue weighted by Crippen LogP contribution is 2.26. The number of nitrogens with one attached hydrogen (secondary N) is 1. The number of nitrogens with zero attached hydrogens (tertiary/aromatic N) is 2. The largest absolute Gasteiger partial charge is 0.375 e. The van der Waals surface area contributed by atoms with E-state index in [-0.39, 0.29) is 6.04 Å². The molecule has 16 heavy (non-hydrogen) atoms. The van der Waals surface area contributed by atoms with Crippen LogP contribution >= 0.6 is 22.9 Å². The third kappa shape index (κ3) is 2.51. The Hall–Kier alpha value is -1.13. The molecule has 0 aliphatic heterocycles. The van der Waals surface area contributed by atoms with E-state index in [1.54, 1.807) is 23.7 Å². The van der Waals surface area contributed by atoms with E-state index in [2.05, 4.69) is 22.2 Å². The monoisotopic (exact) mass is 253 g/mol. The molecule has 0 saturated carbocycles. The van der Waals surface area contributed by atoms with Crippen molar-refractivity contribution >= 4 is 28.6 Å². The van der Waals surface area contributed by atoms with Crippen LogP contribution in [0.5, 0.6) is 0 Å². The van der Waals surface area contributed by atoms with Crippen LogP contribution in [0.1, 0.15) is 23.7 Å². The van der Waals surface area contributed by atoms with Gasteiger partial charge in [-0.3, -0.25) is 4.98 Å². The standard InChI is InChI=1S/C11H12ClN3S/c1-7-6-16-11(14-7)8(2)15-10-3-4-13-5-9(10)12/h3-6,8H,1-2H3,(H,13,15). The van der Waals surface area contributed by atoms with E-state index in [4.69, 9.17) is 11.6 Å². The van der Waals surface area contributed by atoms with Gasteiger partial charge in [-0.05, 0) is 19.9 Å². The van der Waals surface area contributed by atoms with Gasteiger partial charge in [-0.2, -0.15) is 0 Å². The minimum atomic E-state index is 0.151. The maximum Gasteiger partial charge on any atom is 0.115 e. The van der Waals surface area contributed by atoms with Crippen molar-refractivity contribution < 1.29 is 0 Å². The number of hydrogen-bond donors (Lipinski definition) is 1. The van der Waals surface area contributed by atoms with Gasteiger partial charge in [-0.1, -0.05) is 11.6 Å². The number of thiazole rings is 1. The lowest BCUT2D eigenvalue weighted by atomic mass is 10.3. The minimum absolute atomic E-state index is 0.151. The molecule has 84 valence electrons. The highest BCUT2D eigenvalue weighted by atomic mass is 35.5. The molecule has 0 radical (unpaired) electrons. The van der Waals surface area contributed by atoms with Crippen molar-refractivity contribution in [2.75, 3.05) is 5.32 Å². The molecule has 0 aliphatic rings. The lowest BCUT2D eigenvalue weighted by molar-refractivity contribution is 0.863. The van der Waals surface area contributed by atoms with Crippen molar-refractivity contribution in [1.82, 2.24) is 9.97 Å². The average molecular weight is 254 g/mol. The van der Waals surface area contributed by atoms with Crippen molar-refractivity contribution in [3.05, 3.63) is 39.6 Å². The van der Waals surface area contributed by atoms with E-state index < -0.39 is 0 Å². The molecule has 0 aromatic carbocycles. The molecule has 0 spiro atoms. The van der Waals surface area contributed by atoms with Crippen molar-refractivity contribution in [1.29, 1.82) is 0 Å². The third-order valence-electron chi connectivity index (χ3n) is 2.15. The lowest BCUT2D eigenvalue weighted by Crippen LogP contribution is -2.06. The number of anilines is 1. The van der Waals surface area contributed by atoms with Crippen LogP contribution < -0.4 is 5.32 Å². The SMILES string of the molecule is Cc1csc(C(C)Nc2ccncc2Cl)n1. The van der Waals surface area contributed by atoms with Gasteiger partial charge in [-0.25, -0.2) is 4.98 Å². The van der Waals surface area contributed by atoms with Crippen LogP contribution in [-0.2, 0) is 0 Å². The van der Waals surface area contributed by atoms with Crippen molar-refractivity contribution in [3.8, 4) is 0 Å². The van der Waals surface area contributed by atoms with Crippen LogP contribution in [0.15, 0.2) is 23.8 Å². The molecule has 2 aromatic heterocycles. The molecule has 1 unspecified atom stereocenters. The Labute approximate surface area is 104 Å². The molecule has 0 aliphatic carbocycles. The summed E-state index contributed by atoms with van der Waals surface area (Å²) in [5.74, 6) is 0. The maximum absolute atomic E-state index is 6.02. The van der Waals surface area contributed by atoms with E-state index in [0.717, 1.165) is 16.4 Å². The second-order valence-corrected chi connectivity index (χ2v) is 4.85. The van der Waals surface area contributed by atoms with Gasteiger partial charge >= 0.3 is 0 Å². The third-order valence-corrected chi connectivity index (χ3v) is 3.60. The Morgan fingerprint density at radius 1 is 1.50 bits per heavy atom. The summed E-state index contributed by atoms with van der Waals surface area (Å²) < 4.78 is 0. The summed E-state index contributed by atoms with van der Waals surface area (Å²) in [7, 11) is 0. The van der Waals surface area contributed by atoms with E-state index in [9.17, 15) is 0 Å². The molecule has 3 nitrogen and oxygen atoms in total. The molecule has 0 fully saturated rings. The zero-order valence-electron chi connectivity index (χ0n) is 9.07. The Morgan fingerprint density at radius 3 is 2.94 bits per heavy atom. The summed E-state index contributed by atoms with van der Waals surface area (Å²) in [4.78, 5) is 8.38. The Balaban J connectivity index is 2.13. The number of rotatable bonds is 3. The summed E-state index contributed by atoms with van der Waals surface area (Å²) in [6.45, 7) is 4.06. The highest BCUT2D eigenvalue weighted by molar-refractivity contribution is 7.09. The molecule has 0 bridgehead atoms. The molecule has 1 atom stereocenters. The fourth-order valence-corrected chi connectivity index (χ4v) is 2.34. The minimum Gasteiger partial charge on any atom is -0.375 e. The second-order valence-electron chi connectivity index (χ2n) is 3.55. The quantitative estimate of drug-likeness (QED) is 0.907. The molecular formula is C11H12ClN3S. The van der Waals surface area contributed by atoms with E-state index in [1.165, 1.54) is 0 Å². The molecule has 0 saturated heterocycles. The molecule has 1 N–H and O–H groups in total. The Morgan fingerprint density at radius 2 is 2.31 bits per heavy atom. The fourth-order valence-electron chi connectivity index (χ4n) is 1.36. The molecule has 2 aromatic rings. The van der Waals surface area contributed by atoms with Gasteiger partial charge in [0.1, 0.15) is 5.01 Å². The Bertz CT molecular complexity index is 484. The van der Waals surface area contributed by atoms with Gasteiger partial charge in [0.25, 0.3) is 0 Å². The second kappa shape index (κ2) is 4.80. The van der Waals surface area contributed by atoms with Crippen LogP contribution in [0.25, 0.3) is 0 Å². The first kappa shape index (κ1) is 11.4. The fraction of sp³-hybridized carbons (Fsp3) is 0.273. The molecule has 5 heteroatoms. The van der Waals surface area contributed by atoms with Crippen molar-refractivity contribution in [2.45, 2.75) is 19.9 Å². The van der Waals surface area contributed by atoms with Crippen LogP contribution in [0.2, 0.25) is 5.02 Å². The first-order valence-electron chi connectivity index (χ1n) is 4.95. The summed E-state index contributed by atoms with van der Waals surface area (Å²) in [5.41, 5.74) is 1.94. The predicted octanol–water partition coefficient (Wildman–Crippen LogP) is 3.67. The maximum atomic E-state index is 6.02. The highest BCUT2D eigenvalue weighted by Gasteiger charge is 2.10. The van der Waals surface area contributed by atoms with Crippen LogP contribution in [0, 0.1) is 6.92 Å². The first-order valence-corrected chi connectivity index (χ1v) is 6.20. The molecule has 2 rings (SSSR count). The Kier molecular flexibility index (Phi) is 3.41. The topological polar surface area (TPSA) is 37.8 Å². The summed E-state index contributed by atoms with van der Waals surface area (Å²) in [5, 5.41) is 7.05. The zero-order valence-corrected chi connectivity index (χ0v) is 10.6. The molecule has 0 amide bonds. The van der Waals surface area contributed by atoms with Gasteiger partial charge in [-0.15, -0.1) is 11.3 Å². The summed E-state index contributed by atoms with van der Waals surface area (Å²) in [6, 6.07) is 2.01. The van der Waals surface area contributed by atoms with Gasteiger partial charge in [0.2, 0.25) is 0 Å². The van der Waals surface area contributed by atoms with Crippen LogP contribution in [0.3, 0.4) is 0 Å². The smallest absolute Gasteiger partial charge is 0.115 e. The van der Waals surface area contributed by atoms with E-state index in [0.29, 0.717) is 5.02 Å². The van der Waals surface area contributed by atoms with Gasteiger partial charge in [0.05, 0.1) is 16.8 Å². The first-order chi connectivity index (χ1) is 7.66. The predicted molar refractivity (Wildman–Crippen MR) is 68.1 cm³/mol. The van der Waals surface area contributed by atoms with Crippen LogP contribution in [-0.4, -0.2) is 9.97 Å². The van der Waals surface area contributed by atoms with E-state index in [1.807, 2.05) is 18.4 Å². The summed E-state index contributed by atoms with van der Waals surface area (Å²) >= 11 is 7.67. The normalized spacial score (nSPS) is 12.4. The summed E-state index contributed by atoms with van der Waals surface area (Å²) in [6.07, 6.45) is 3.34. The van der Waals surface area contributed by atoms with Gasteiger partial charge < -0.3 is 5.32 Å². The number of aryl methyl sites for hydroxylation is 1. The lowest BCUT2D eigenvalue weighted by Gasteiger charge is -2.13. The number of pyridine rings is 1. The van der Waals surface area contributed by atoms with Gasteiger partial charge in [0.15, 0.2) is 0 Å². The van der Waals surface area contributed by atoms with Crippen molar-refractivity contribution in [2.24, 2.45) is 0 Å². The zero-order chi connectivity index (χ0) is 11.5. The molecule has 2 heterocycles. The molecular weight excluding hydrogens is 242 g/mol. The van der Waals surface area contributed by atoms with Crippen molar-refractivity contribution in [3.63, 3.8) is 0 Å². The van der Waals surface area contributed by atoms with E-state index >= 15 is 0 Å². The van der Waals surface area contributed by atoms with Crippen LogP contribution in [0.4, 0.5) is 5.69 Å².